The highest BCUT2D eigenvalue weighted by atomic mass is 16.6. The van der Waals surface area contributed by atoms with Crippen LogP contribution < -0.4 is 10.6 Å². The summed E-state index contributed by atoms with van der Waals surface area (Å²) in [6.45, 7) is 6.04. The van der Waals surface area contributed by atoms with Crippen LogP contribution in [0.1, 0.15) is 43.4 Å². The first-order valence-corrected chi connectivity index (χ1v) is 14.4. The monoisotopic (exact) mass is 609 g/mol. The number of carbonyl (C=O) groups excluding carboxylic acids is 3. The number of anilines is 1. The summed E-state index contributed by atoms with van der Waals surface area (Å²) in [5.74, 6) is -0.539. The Bertz CT molecular complexity index is 1590. The van der Waals surface area contributed by atoms with Gasteiger partial charge in [-0.05, 0) is 60.7 Å². The number of carbonyl (C=O) groups is 3. The number of nitrogens with zero attached hydrogens (tertiary/aromatic N) is 1. The standard InChI is InChI=1S/C30H25N3O5.C5H10O2/c34-29(31-21-8-2-1-3-9-21)28(18-20-14-16-22(17-15-20)33(36)37)32-30(35)38-19-27-25-12-6-4-10-23(25)24-11-5-7-13-26(24)27;1-5(2,3)7-4-6/h1-17,27-28H,18-19H2,(H,31,34)(H,32,35);4H,1-3H3/t28-;/m0./s1. The van der Waals surface area contributed by atoms with E-state index in [2.05, 4.69) is 27.5 Å². The second-order valence-corrected chi connectivity index (χ2v) is 11.3. The molecule has 0 saturated heterocycles. The maximum absolute atomic E-state index is 13.1. The molecule has 10 heteroatoms. The summed E-state index contributed by atoms with van der Waals surface area (Å²) in [5, 5.41) is 16.5. The number of nitro groups is 1. The van der Waals surface area contributed by atoms with E-state index in [-0.39, 0.29) is 30.2 Å². The molecule has 10 nitrogen and oxygen atoms in total. The van der Waals surface area contributed by atoms with Crippen molar-refractivity contribution in [1.29, 1.82) is 0 Å². The number of non-ortho nitro benzene ring substituents is 1. The zero-order valence-corrected chi connectivity index (χ0v) is 25.3. The van der Waals surface area contributed by atoms with E-state index in [0.29, 0.717) is 17.7 Å². The second-order valence-electron chi connectivity index (χ2n) is 11.3. The molecule has 232 valence electrons. The van der Waals surface area contributed by atoms with Crippen molar-refractivity contribution in [3.8, 4) is 11.1 Å². The molecule has 1 aliphatic carbocycles. The number of rotatable bonds is 9. The van der Waals surface area contributed by atoms with Crippen molar-refractivity contribution < 1.29 is 28.8 Å². The summed E-state index contributed by atoms with van der Waals surface area (Å²) >= 11 is 0. The highest BCUT2D eigenvalue weighted by Crippen LogP contribution is 2.44. The van der Waals surface area contributed by atoms with Gasteiger partial charge in [0.05, 0.1) is 4.92 Å². The Morgan fingerprint density at radius 1 is 0.867 bits per heavy atom. The fourth-order valence-corrected chi connectivity index (χ4v) is 4.88. The molecule has 5 rings (SSSR count). The zero-order chi connectivity index (χ0) is 32.4. The quantitative estimate of drug-likeness (QED) is 0.123. The van der Waals surface area contributed by atoms with Crippen LogP contribution in [0.15, 0.2) is 103 Å². The van der Waals surface area contributed by atoms with E-state index in [9.17, 15) is 24.5 Å². The van der Waals surface area contributed by atoms with E-state index >= 15 is 0 Å². The lowest BCUT2D eigenvalue weighted by Gasteiger charge is -2.20. The van der Waals surface area contributed by atoms with E-state index < -0.39 is 23.0 Å². The van der Waals surface area contributed by atoms with E-state index in [1.807, 2.05) is 63.2 Å². The fraction of sp³-hybridized carbons (Fsp3) is 0.229. The number of para-hydroxylation sites is 1. The van der Waals surface area contributed by atoms with Crippen LogP contribution in [0.5, 0.6) is 0 Å². The number of nitrogens with one attached hydrogen (secondary N) is 2. The van der Waals surface area contributed by atoms with Gasteiger partial charge in [0.25, 0.3) is 12.2 Å². The van der Waals surface area contributed by atoms with Crippen LogP contribution in [0.3, 0.4) is 0 Å². The van der Waals surface area contributed by atoms with Gasteiger partial charge in [-0.15, -0.1) is 0 Å². The molecule has 0 heterocycles. The van der Waals surface area contributed by atoms with Crippen molar-refractivity contribution in [2.75, 3.05) is 11.9 Å². The van der Waals surface area contributed by atoms with Gasteiger partial charge in [-0.3, -0.25) is 19.7 Å². The Hall–Kier alpha value is -5.51. The number of hydrogen-bond acceptors (Lipinski definition) is 7. The first-order valence-electron chi connectivity index (χ1n) is 14.4. The van der Waals surface area contributed by atoms with Gasteiger partial charge in [-0.1, -0.05) is 78.9 Å². The van der Waals surface area contributed by atoms with Gasteiger partial charge in [0.2, 0.25) is 5.91 Å². The number of nitro benzene ring substituents is 1. The number of alkyl carbamates (subject to hydrolysis) is 1. The van der Waals surface area contributed by atoms with Gasteiger partial charge >= 0.3 is 6.09 Å². The van der Waals surface area contributed by atoms with Gasteiger partial charge in [0.1, 0.15) is 18.2 Å². The molecule has 0 bridgehead atoms. The molecule has 45 heavy (non-hydrogen) atoms. The normalized spacial score (nSPS) is 12.3. The molecule has 0 aromatic heterocycles. The summed E-state index contributed by atoms with van der Waals surface area (Å²) < 4.78 is 10.2. The molecule has 2 N–H and O–H groups in total. The first kappa shape index (κ1) is 32.4. The van der Waals surface area contributed by atoms with Gasteiger partial charge in [-0.2, -0.15) is 0 Å². The van der Waals surface area contributed by atoms with Crippen molar-refractivity contribution in [3.63, 3.8) is 0 Å². The van der Waals surface area contributed by atoms with Crippen LogP contribution in [0, 0.1) is 10.1 Å². The predicted octanol–water partition coefficient (Wildman–Crippen LogP) is 6.64. The van der Waals surface area contributed by atoms with Crippen LogP contribution in [0.4, 0.5) is 16.2 Å². The Labute approximate surface area is 261 Å². The van der Waals surface area contributed by atoms with Gasteiger partial charge in [0, 0.05) is 30.2 Å². The summed E-state index contributed by atoms with van der Waals surface area (Å²) in [5.41, 5.74) is 5.29. The summed E-state index contributed by atoms with van der Waals surface area (Å²) in [6, 6.07) is 29.9. The lowest BCUT2D eigenvalue weighted by atomic mass is 9.98. The molecule has 0 saturated carbocycles. The zero-order valence-electron chi connectivity index (χ0n) is 25.3. The second kappa shape index (κ2) is 14.8. The SMILES string of the molecule is CC(C)(C)OC=O.O=C(N[C@@H](Cc1ccc([N+](=O)[O-])cc1)C(=O)Nc1ccccc1)OCC1c2ccccc2-c2ccccc21. The molecular formula is C35H35N3O7. The van der Waals surface area contributed by atoms with Crippen molar-refractivity contribution >= 4 is 29.8 Å². The van der Waals surface area contributed by atoms with Crippen LogP contribution >= 0.6 is 0 Å². The number of amides is 2. The topological polar surface area (TPSA) is 137 Å². The molecule has 0 unspecified atom stereocenters. The maximum atomic E-state index is 13.1. The third-order valence-electron chi connectivity index (χ3n) is 6.98. The fourth-order valence-electron chi connectivity index (χ4n) is 4.88. The molecule has 0 spiro atoms. The van der Waals surface area contributed by atoms with Crippen LogP contribution in [0.2, 0.25) is 0 Å². The summed E-state index contributed by atoms with van der Waals surface area (Å²) in [7, 11) is 0. The van der Waals surface area contributed by atoms with Crippen molar-refractivity contribution in [1.82, 2.24) is 5.32 Å². The lowest BCUT2D eigenvalue weighted by Crippen LogP contribution is -2.45. The van der Waals surface area contributed by atoms with Gasteiger partial charge in [-0.25, -0.2) is 4.79 Å². The largest absolute Gasteiger partial charge is 0.462 e. The molecule has 1 atom stereocenters. The number of ether oxygens (including phenoxy) is 2. The molecule has 2 amide bonds. The molecule has 0 fully saturated rings. The number of fused-ring (bicyclic) bond motifs is 3. The molecule has 4 aromatic rings. The molecule has 1 aliphatic rings. The smallest absolute Gasteiger partial charge is 0.407 e. The van der Waals surface area contributed by atoms with Crippen LogP contribution in [-0.4, -0.2) is 41.6 Å². The lowest BCUT2D eigenvalue weighted by molar-refractivity contribution is -0.384. The first-order chi connectivity index (χ1) is 21.6. The number of hydrogen-bond donors (Lipinski definition) is 2. The predicted molar refractivity (Wildman–Crippen MR) is 171 cm³/mol. The van der Waals surface area contributed by atoms with E-state index in [4.69, 9.17) is 4.74 Å². The molecule has 0 radical (unpaired) electrons. The molecule has 0 aliphatic heterocycles. The van der Waals surface area contributed by atoms with Gasteiger partial charge < -0.3 is 20.1 Å². The van der Waals surface area contributed by atoms with E-state index in [1.165, 1.54) is 12.1 Å². The third-order valence-corrected chi connectivity index (χ3v) is 6.98. The Kier molecular flexibility index (Phi) is 10.6. The van der Waals surface area contributed by atoms with Crippen molar-refractivity contribution in [2.45, 2.75) is 44.8 Å². The van der Waals surface area contributed by atoms with Crippen LogP contribution in [-0.2, 0) is 25.5 Å². The third kappa shape index (κ3) is 8.99. The van der Waals surface area contributed by atoms with Crippen LogP contribution in [0.25, 0.3) is 11.1 Å². The average molecular weight is 610 g/mol. The minimum absolute atomic E-state index is 0.0523. The highest BCUT2D eigenvalue weighted by Gasteiger charge is 2.30. The minimum atomic E-state index is -0.965. The number of benzene rings is 4. The van der Waals surface area contributed by atoms with Gasteiger partial charge in [0.15, 0.2) is 0 Å². The molecule has 4 aromatic carbocycles. The maximum Gasteiger partial charge on any atom is 0.407 e. The average Bonchev–Trinajstić information content (AvgIpc) is 3.34. The highest BCUT2D eigenvalue weighted by molar-refractivity contribution is 5.96. The summed E-state index contributed by atoms with van der Waals surface area (Å²) in [6.07, 6.45) is -0.595. The Balaban J connectivity index is 0.000000591. The summed E-state index contributed by atoms with van der Waals surface area (Å²) in [4.78, 5) is 46.2. The minimum Gasteiger partial charge on any atom is -0.462 e. The van der Waals surface area contributed by atoms with E-state index in [0.717, 1.165) is 22.3 Å². The van der Waals surface area contributed by atoms with E-state index in [1.54, 1.807) is 36.4 Å². The Morgan fingerprint density at radius 3 is 1.93 bits per heavy atom. The van der Waals surface area contributed by atoms with Crippen molar-refractivity contribution in [3.05, 3.63) is 130 Å². The van der Waals surface area contributed by atoms with Crippen molar-refractivity contribution in [2.24, 2.45) is 0 Å². The Morgan fingerprint density at radius 2 is 1.42 bits per heavy atom. The molecular weight excluding hydrogens is 574 g/mol.